The molecule has 0 radical (unpaired) electrons. The smallest absolute Gasteiger partial charge is 0.406 e. The molecule has 1 heterocycles. The van der Waals surface area contributed by atoms with Crippen molar-refractivity contribution in [1.82, 2.24) is 4.90 Å². The summed E-state index contributed by atoms with van der Waals surface area (Å²) in [7, 11) is 0. The van der Waals surface area contributed by atoms with Crippen LogP contribution in [0.1, 0.15) is 21.8 Å². The molecule has 2 unspecified atom stereocenters. The molecular weight excluding hydrogens is 327 g/mol. The molecule has 3 N–H and O–H groups in total. The van der Waals surface area contributed by atoms with Crippen LogP contribution in [-0.4, -0.2) is 53.1 Å². The van der Waals surface area contributed by atoms with Crippen LogP contribution in [0, 0.1) is 16.7 Å². The predicted octanol–water partition coefficient (Wildman–Crippen LogP) is 2.16. The molecule has 2 atom stereocenters. The van der Waals surface area contributed by atoms with Gasteiger partial charge in [-0.25, -0.2) is 0 Å². The van der Waals surface area contributed by atoms with E-state index in [1.54, 1.807) is 0 Å². The number of carbonyl (C=O) groups excluding carboxylic acids is 1. The number of fused-ring (bicyclic) bond motifs is 1. The minimum absolute atomic E-state index is 0.0899. The lowest BCUT2D eigenvalue weighted by Gasteiger charge is -2.42. The number of nitrogens with zero attached hydrogens (tertiary/aromatic N) is 1. The second-order valence-electron chi connectivity index (χ2n) is 5.35. The predicted molar refractivity (Wildman–Crippen MR) is 78.8 cm³/mol. The van der Waals surface area contributed by atoms with E-state index in [2.05, 4.69) is 0 Å². The van der Waals surface area contributed by atoms with Gasteiger partial charge in [0.2, 0.25) is 0 Å². The Morgan fingerprint density at radius 2 is 1.88 bits per heavy atom. The van der Waals surface area contributed by atoms with Crippen molar-refractivity contribution in [2.45, 2.75) is 18.1 Å². The van der Waals surface area contributed by atoms with Gasteiger partial charge in [0.25, 0.3) is 5.91 Å². The molecule has 0 saturated carbocycles. The van der Waals surface area contributed by atoms with Gasteiger partial charge in [0.1, 0.15) is 12.5 Å². The largest absolute Gasteiger partial charge is 0.481 e. The molecule has 6 nitrogen and oxygen atoms in total. The molecule has 0 spiro atoms. The number of rotatable bonds is 5. The minimum atomic E-state index is -4.74. The second kappa shape index (κ2) is 6.42. The van der Waals surface area contributed by atoms with E-state index >= 15 is 0 Å². The number of alkyl halides is 3. The fourth-order valence-electron chi connectivity index (χ4n) is 2.94. The molecule has 1 aliphatic heterocycles. The van der Waals surface area contributed by atoms with E-state index in [1.807, 2.05) is 0 Å². The molecule has 0 aromatic heterocycles. The first-order valence-corrected chi connectivity index (χ1v) is 6.92. The summed E-state index contributed by atoms with van der Waals surface area (Å²) in [6.45, 7) is -1.65. The van der Waals surface area contributed by atoms with Gasteiger partial charge in [0, 0.05) is 23.9 Å². The van der Waals surface area contributed by atoms with Gasteiger partial charge < -0.3 is 20.8 Å². The molecule has 1 amide bonds. The van der Waals surface area contributed by atoms with Crippen molar-refractivity contribution in [2.24, 2.45) is 5.92 Å². The highest BCUT2D eigenvalue weighted by molar-refractivity contribution is 6.01. The molecule has 0 aliphatic carbocycles. The summed E-state index contributed by atoms with van der Waals surface area (Å²) in [5.74, 6) is -5.08. The van der Waals surface area contributed by atoms with Crippen LogP contribution in [0.3, 0.4) is 0 Å². The Balaban J connectivity index is 2.67. The van der Waals surface area contributed by atoms with Gasteiger partial charge in [-0.05, 0) is 11.6 Å². The number of carbonyl (C=O) groups is 2. The maximum atomic E-state index is 12.9. The van der Waals surface area contributed by atoms with E-state index in [-0.39, 0.29) is 11.1 Å². The molecule has 9 heteroatoms. The summed E-state index contributed by atoms with van der Waals surface area (Å²) < 4.78 is 38.7. The van der Waals surface area contributed by atoms with Crippen LogP contribution in [0.2, 0.25) is 0 Å². The molecule has 24 heavy (non-hydrogen) atoms. The molecule has 0 saturated heterocycles. The van der Waals surface area contributed by atoms with Crippen LogP contribution in [-0.2, 0) is 4.79 Å². The number of carboxylic acid groups (broad SMARTS) is 1. The molecular formula is C15H14F3N3O3. The summed E-state index contributed by atoms with van der Waals surface area (Å²) in [5, 5.41) is 24.1. The van der Waals surface area contributed by atoms with Crippen LogP contribution in [0.5, 0.6) is 0 Å². The third-order valence-electron chi connectivity index (χ3n) is 3.88. The number of nitrogens with one attached hydrogen (secondary N) is 2. The Bertz CT molecular complexity index is 682. The van der Waals surface area contributed by atoms with E-state index in [1.165, 1.54) is 24.3 Å². The summed E-state index contributed by atoms with van der Waals surface area (Å²) in [4.78, 5) is 24.6. The van der Waals surface area contributed by atoms with Gasteiger partial charge in [-0.15, -0.1) is 0 Å². The topological polar surface area (TPSA) is 105 Å². The first-order chi connectivity index (χ1) is 11.2. The van der Waals surface area contributed by atoms with E-state index in [4.69, 9.17) is 10.8 Å². The van der Waals surface area contributed by atoms with Crippen molar-refractivity contribution in [3.8, 4) is 0 Å². The summed E-state index contributed by atoms with van der Waals surface area (Å²) >= 11 is 0. The van der Waals surface area contributed by atoms with Crippen molar-refractivity contribution in [3.05, 3.63) is 35.4 Å². The van der Waals surface area contributed by atoms with Gasteiger partial charge in [0.05, 0.1) is 6.04 Å². The van der Waals surface area contributed by atoms with Crippen LogP contribution in [0.25, 0.3) is 0 Å². The van der Waals surface area contributed by atoms with Gasteiger partial charge in [0.15, 0.2) is 0 Å². The lowest BCUT2D eigenvalue weighted by Crippen LogP contribution is -2.56. The zero-order chi connectivity index (χ0) is 18.1. The Morgan fingerprint density at radius 1 is 1.29 bits per heavy atom. The highest BCUT2D eigenvalue weighted by Gasteiger charge is 2.49. The molecule has 1 aliphatic rings. The van der Waals surface area contributed by atoms with Crippen molar-refractivity contribution < 1.29 is 27.9 Å². The van der Waals surface area contributed by atoms with Crippen molar-refractivity contribution in [3.63, 3.8) is 0 Å². The van der Waals surface area contributed by atoms with E-state index < -0.39 is 42.5 Å². The third-order valence-corrected chi connectivity index (χ3v) is 3.88. The normalized spacial score (nSPS) is 21.8. The third kappa shape index (κ3) is 3.15. The quantitative estimate of drug-likeness (QED) is 0.715. The molecule has 2 rings (SSSR count). The van der Waals surface area contributed by atoms with Gasteiger partial charge >= 0.3 is 12.1 Å². The fourth-order valence-corrected chi connectivity index (χ4v) is 2.94. The number of halogens is 3. The van der Waals surface area contributed by atoms with Crippen molar-refractivity contribution >= 4 is 24.3 Å². The Labute approximate surface area is 134 Å². The highest BCUT2D eigenvalue weighted by Crippen LogP contribution is 2.38. The van der Waals surface area contributed by atoms with E-state index in [9.17, 15) is 27.9 Å². The average molecular weight is 341 g/mol. The van der Waals surface area contributed by atoms with Gasteiger partial charge in [-0.3, -0.25) is 9.59 Å². The monoisotopic (exact) mass is 341 g/mol. The second-order valence-corrected chi connectivity index (χ2v) is 5.35. The van der Waals surface area contributed by atoms with Crippen molar-refractivity contribution in [2.75, 3.05) is 6.54 Å². The molecule has 1 aromatic rings. The number of hydrogen-bond acceptors (Lipinski definition) is 4. The average Bonchev–Trinajstić information content (AvgIpc) is 2.50. The number of carboxylic acids is 1. The maximum absolute atomic E-state index is 12.9. The highest BCUT2D eigenvalue weighted by atomic mass is 19.4. The molecule has 128 valence electrons. The maximum Gasteiger partial charge on any atom is 0.406 e. The summed E-state index contributed by atoms with van der Waals surface area (Å²) in [5.41, 5.74) is -0.0220. The summed E-state index contributed by atoms with van der Waals surface area (Å²) in [6, 6.07) is 4.07. The van der Waals surface area contributed by atoms with Crippen LogP contribution >= 0.6 is 0 Å². The Kier molecular flexibility index (Phi) is 4.72. The Morgan fingerprint density at radius 3 is 2.38 bits per heavy atom. The van der Waals surface area contributed by atoms with E-state index in [0.717, 1.165) is 0 Å². The van der Waals surface area contributed by atoms with Crippen molar-refractivity contribution in [1.29, 1.82) is 10.8 Å². The SMILES string of the molecule is N=CC(C=N)C1C(C(=O)O)c2ccccc2C(=O)N1CC(F)(F)F. The Hall–Kier alpha value is -2.71. The molecule has 0 fully saturated rings. The first-order valence-electron chi connectivity index (χ1n) is 6.92. The fraction of sp³-hybridized carbons (Fsp3) is 0.333. The number of hydrogen-bond donors (Lipinski definition) is 3. The minimum Gasteiger partial charge on any atom is -0.481 e. The zero-order valence-electron chi connectivity index (χ0n) is 12.2. The first kappa shape index (κ1) is 17.6. The van der Waals surface area contributed by atoms with Crippen LogP contribution in [0.4, 0.5) is 13.2 Å². The number of amides is 1. The zero-order valence-corrected chi connectivity index (χ0v) is 12.2. The summed E-state index contributed by atoms with van der Waals surface area (Å²) in [6.07, 6.45) is -3.38. The lowest BCUT2D eigenvalue weighted by atomic mass is 9.77. The van der Waals surface area contributed by atoms with Gasteiger partial charge in [-0.2, -0.15) is 13.2 Å². The van der Waals surface area contributed by atoms with E-state index in [0.29, 0.717) is 17.3 Å². The van der Waals surface area contributed by atoms with Crippen LogP contribution in [0.15, 0.2) is 24.3 Å². The number of aliphatic carboxylic acids is 1. The standard InChI is InChI=1S/C15H14F3N3O3/c16-15(17,18)7-21-12(8(5-19)6-20)11(14(23)24)9-3-1-2-4-10(9)13(21)22/h1-6,8,11-12,19-20H,7H2,(H,23,24). The molecule has 0 bridgehead atoms. The van der Waals surface area contributed by atoms with Gasteiger partial charge in [-0.1, -0.05) is 18.2 Å². The number of benzene rings is 1. The lowest BCUT2D eigenvalue weighted by molar-refractivity contribution is -0.153. The van der Waals surface area contributed by atoms with Crippen LogP contribution < -0.4 is 0 Å². The molecule has 1 aromatic carbocycles.